The van der Waals surface area contributed by atoms with Gasteiger partial charge in [0.2, 0.25) is 5.91 Å². The molecule has 164 valence electrons. The number of sulfone groups is 1. The topological polar surface area (TPSA) is 94.8 Å². The molecular formula is C20H18F2N2O5S2. The Morgan fingerprint density at radius 2 is 1.77 bits per heavy atom. The minimum absolute atomic E-state index is 0.0125. The molecule has 7 nitrogen and oxygen atoms in total. The van der Waals surface area contributed by atoms with Crippen molar-refractivity contribution in [3.8, 4) is 0 Å². The molecule has 1 amide bonds. The van der Waals surface area contributed by atoms with Crippen LogP contribution in [0.1, 0.15) is 12.8 Å². The molecule has 0 saturated carbocycles. The van der Waals surface area contributed by atoms with Crippen LogP contribution in [-0.4, -0.2) is 37.7 Å². The summed E-state index contributed by atoms with van der Waals surface area (Å²) in [7, 11) is -2.44. The molecule has 0 unspecified atom stereocenters. The van der Waals surface area contributed by atoms with Crippen LogP contribution in [0.25, 0.3) is 10.2 Å². The van der Waals surface area contributed by atoms with Crippen molar-refractivity contribution in [2.75, 3.05) is 12.9 Å². The molecule has 2 aromatic carbocycles. The molecule has 0 aliphatic carbocycles. The van der Waals surface area contributed by atoms with E-state index >= 15 is 0 Å². The first kappa shape index (κ1) is 22.8. The number of halogens is 2. The maximum absolute atomic E-state index is 13.5. The second kappa shape index (κ2) is 9.48. The van der Waals surface area contributed by atoms with Gasteiger partial charge in [0, 0.05) is 6.42 Å². The van der Waals surface area contributed by atoms with E-state index in [2.05, 4.69) is 9.73 Å². The average Bonchev–Trinajstić information content (AvgIpc) is 3.03. The van der Waals surface area contributed by atoms with Crippen LogP contribution in [-0.2, 0) is 30.7 Å². The summed E-state index contributed by atoms with van der Waals surface area (Å²) in [6.45, 7) is -0.215. The van der Waals surface area contributed by atoms with E-state index < -0.39 is 33.3 Å². The summed E-state index contributed by atoms with van der Waals surface area (Å²) in [4.78, 5) is 28.2. The molecule has 0 saturated heterocycles. The van der Waals surface area contributed by atoms with Gasteiger partial charge in [-0.05, 0) is 48.9 Å². The number of carbonyl (C=O) groups is 2. The lowest BCUT2D eigenvalue weighted by molar-refractivity contribution is -0.141. The maximum Gasteiger partial charge on any atom is 0.325 e. The molecule has 0 N–H and O–H groups in total. The van der Waals surface area contributed by atoms with Crippen molar-refractivity contribution in [2.45, 2.75) is 24.3 Å². The smallest absolute Gasteiger partial charge is 0.325 e. The van der Waals surface area contributed by atoms with Crippen molar-refractivity contribution in [3.63, 3.8) is 0 Å². The third kappa shape index (κ3) is 5.61. The largest absolute Gasteiger partial charge is 0.468 e. The van der Waals surface area contributed by atoms with Crippen LogP contribution < -0.4 is 4.80 Å². The van der Waals surface area contributed by atoms with E-state index in [9.17, 15) is 26.8 Å². The molecule has 0 radical (unpaired) electrons. The number of carbonyl (C=O) groups excluding carboxylic acids is 2. The lowest BCUT2D eigenvalue weighted by atomic mass is 10.3. The number of rotatable bonds is 7. The number of esters is 1. The Labute approximate surface area is 180 Å². The van der Waals surface area contributed by atoms with Gasteiger partial charge in [-0.15, -0.1) is 0 Å². The molecule has 0 bridgehead atoms. The van der Waals surface area contributed by atoms with Crippen molar-refractivity contribution in [1.29, 1.82) is 0 Å². The summed E-state index contributed by atoms with van der Waals surface area (Å²) in [5.41, 5.74) is 0.516. The van der Waals surface area contributed by atoms with Gasteiger partial charge in [-0.1, -0.05) is 11.3 Å². The van der Waals surface area contributed by atoms with Crippen molar-refractivity contribution < 1.29 is 31.5 Å². The standard InChI is InChI=1S/C20H18F2N2O5S2/c1-29-19(26)12-24-16-9-6-14(22)11-17(16)30-20(24)23-18(25)3-2-10-31(27,28)15-7-4-13(21)5-8-15/h4-9,11H,2-3,10,12H2,1H3. The summed E-state index contributed by atoms with van der Waals surface area (Å²) < 4.78 is 57.7. The molecule has 31 heavy (non-hydrogen) atoms. The monoisotopic (exact) mass is 468 g/mol. The molecule has 3 aromatic rings. The van der Waals surface area contributed by atoms with Crippen LogP contribution in [0.15, 0.2) is 52.4 Å². The molecule has 1 heterocycles. The minimum Gasteiger partial charge on any atom is -0.468 e. The van der Waals surface area contributed by atoms with Crippen molar-refractivity contribution >= 4 is 43.3 Å². The third-order valence-electron chi connectivity index (χ3n) is 4.36. The Kier molecular flexibility index (Phi) is 6.96. The van der Waals surface area contributed by atoms with Gasteiger partial charge in [-0.25, -0.2) is 17.2 Å². The number of ether oxygens (including phenoxy) is 1. The number of benzene rings is 2. The first-order valence-electron chi connectivity index (χ1n) is 9.11. The predicted molar refractivity (Wildman–Crippen MR) is 110 cm³/mol. The SMILES string of the molecule is COC(=O)Cn1c(=NC(=O)CCCS(=O)(=O)c2ccc(F)cc2)sc2cc(F)ccc21. The molecule has 0 fully saturated rings. The van der Waals surface area contributed by atoms with Gasteiger partial charge < -0.3 is 9.30 Å². The highest BCUT2D eigenvalue weighted by molar-refractivity contribution is 7.91. The first-order chi connectivity index (χ1) is 14.7. The molecule has 0 atom stereocenters. The fraction of sp³-hybridized carbons (Fsp3) is 0.250. The second-order valence-electron chi connectivity index (χ2n) is 6.54. The Hall–Kier alpha value is -2.92. The van der Waals surface area contributed by atoms with Gasteiger partial charge in [0.15, 0.2) is 14.6 Å². The lowest BCUT2D eigenvalue weighted by Gasteiger charge is -2.04. The van der Waals surface area contributed by atoms with E-state index in [1.807, 2.05) is 0 Å². The second-order valence-corrected chi connectivity index (χ2v) is 9.66. The van der Waals surface area contributed by atoms with Gasteiger partial charge in [-0.3, -0.25) is 9.59 Å². The normalized spacial score (nSPS) is 12.3. The minimum atomic E-state index is -3.66. The van der Waals surface area contributed by atoms with Gasteiger partial charge in [0.25, 0.3) is 0 Å². The predicted octanol–water partition coefficient (Wildman–Crippen LogP) is 2.84. The Morgan fingerprint density at radius 1 is 1.10 bits per heavy atom. The van der Waals surface area contributed by atoms with Crippen molar-refractivity contribution in [3.05, 3.63) is 58.9 Å². The fourth-order valence-corrected chi connectivity index (χ4v) is 5.20. The van der Waals surface area contributed by atoms with Crippen LogP contribution in [0.2, 0.25) is 0 Å². The summed E-state index contributed by atoms with van der Waals surface area (Å²) in [6.07, 6.45) is -0.139. The number of hydrogen-bond donors (Lipinski definition) is 0. The van der Waals surface area contributed by atoms with Crippen LogP contribution >= 0.6 is 11.3 Å². The zero-order valence-corrected chi connectivity index (χ0v) is 18.0. The van der Waals surface area contributed by atoms with Gasteiger partial charge in [-0.2, -0.15) is 4.99 Å². The number of hydrogen-bond acceptors (Lipinski definition) is 6. The van der Waals surface area contributed by atoms with Gasteiger partial charge in [0.05, 0.1) is 28.0 Å². The highest BCUT2D eigenvalue weighted by Gasteiger charge is 2.16. The molecular weight excluding hydrogens is 450 g/mol. The number of amides is 1. The molecule has 3 rings (SSSR count). The summed E-state index contributed by atoms with van der Waals surface area (Å²) >= 11 is 1.03. The van der Waals surface area contributed by atoms with Gasteiger partial charge in [0.1, 0.15) is 18.2 Å². The Balaban J connectivity index is 1.78. The Morgan fingerprint density at radius 3 is 2.45 bits per heavy atom. The maximum atomic E-state index is 13.5. The number of methoxy groups -OCH3 is 1. The van der Waals surface area contributed by atoms with Gasteiger partial charge >= 0.3 is 5.97 Å². The van der Waals surface area contributed by atoms with E-state index in [1.54, 1.807) is 0 Å². The summed E-state index contributed by atoms with van der Waals surface area (Å²) in [5, 5.41) is 0. The first-order valence-corrected chi connectivity index (χ1v) is 11.6. The zero-order chi connectivity index (χ0) is 22.6. The van der Waals surface area contributed by atoms with E-state index in [-0.39, 0.29) is 34.8 Å². The molecule has 0 aliphatic rings. The molecule has 0 aliphatic heterocycles. The highest BCUT2D eigenvalue weighted by atomic mass is 32.2. The number of thiazole rings is 1. The highest BCUT2D eigenvalue weighted by Crippen LogP contribution is 2.19. The Bertz CT molecular complexity index is 1300. The van der Waals surface area contributed by atoms with Crippen LogP contribution in [0.5, 0.6) is 0 Å². The van der Waals surface area contributed by atoms with Crippen LogP contribution in [0.4, 0.5) is 8.78 Å². The molecule has 1 aromatic heterocycles. The van der Waals surface area contributed by atoms with E-state index in [1.165, 1.54) is 42.0 Å². The van der Waals surface area contributed by atoms with E-state index in [0.29, 0.717) is 10.2 Å². The number of nitrogens with zero attached hydrogens (tertiary/aromatic N) is 2. The summed E-state index contributed by atoms with van der Waals surface area (Å²) in [5.74, 6) is -2.47. The van der Waals surface area contributed by atoms with Crippen LogP contribution in [0.3, 0.4) is 0 Å². The number of aromatic nitrogens is 1. The quantitative estimate of drug-likeness (QED) is 0.393. The summed E-state index contributed by atoms with van der Waals surface area (Å²) in [6, 6.07) is 8.42. The van der Waals surface area contributed by atoms with Crippen LogP contribution in [0, 0.1) is 11.6 Å². The van der Waals surface area contributed by atoms with Crippen molar-refractivity contribution in [1.82, 2.24) is 4.57 Å². The van der Waals surface area contributed by atoms with Crippen molar-refractivity contribution in [2.24, 2.45) is 4.99 Å². The zero-order valence-electron chi connectivity index (χ0n) is 16.4. The third-order valence-corrected chi connectivity index (χ3v) is 7.21. The van der Waals surface area contributed by atoms with E-state index in [0.717, 1.165) is 23.5 Å². The number of fused-ring (bicyclic) bond motifs is 1. The fourth-order valence-electron chi connectivity index (χ4n) is 2.81. The lowest BCUT2D eigenvalue weighted by Crippen LogP contribution is -2.22. The molecule has 0 spiro atoms. The average molecular weight is 469 g/mol. The molecule has 11 heteroatoms. The van der Waals surface area contributed by atoms with E-state index in [4.69, 9.17) is 0 Å².